The molecule has 1 aromatic carbocycles. The highest BCUT2D eigenvalue weighted by Crippen LogP contribution is 2.15. The third kappa shape index (κ3) is 3.27. The summed E-state index contributed by atoms with van der Waals surface area (Å²) in [6.07, 6.45) is 0.987. The van der Waals surface area contributed by atoms with Gasteiger partial charge in [0.15, 0.2) is 0 Å². The van der Waals surface area contributed by atoms with Crippen molar-refractivity contribution >= 4 is 17.7 Å². The van der Waals surface area contributed by atoms with E-state index in [2.05, 4.69) is 5.32 Å². The van der Waals surface area contributed by atoms with Crippen LogP contribution in [0.4, 0.5) is 0 Å². The maximum atomic E-state index is 12.6. The first kappa shape index (κ1) is 16.5. The van der Waals surface area contributed by atoms with Crippen molar-refractivity contribution in [2.24, 2.45) is 0 Å². The molecule has 128 valence electrons. The van der Waals surface area contributed by atoms with Crippen LogP contribution in [0.5, 0.6) is 0 Å². The molecule has 0 radical (unpaired) electrons. The van der Waals surface area contributed by atoms with Gasteiger partial charge in [-0.2, -0.15) is 0 Å². The van der Waals surface area contributed by atoms with Crippen LogP contribution in [0.1, 0.15) is 34.3 Å². The minimum absolute atomic E-state index is 0.0133. The number of nitrogens with one attached hydrogen (secondary N) is 1. The number of nitrogens with zero attached hydrogens (tertiary/aromatic N) is 2. The van der Waals surface area contributed by atoms with Gasteiger partial charge in [0.05, 0.1) is 0 Å². The van der Waals surface area contributed by atoms with Crippen molar-refractivity contribution in [3.63, 3.8) is 0 Å². The van der Waals surface area contributed by atoms with E-state index in [0.29, 0.717) is 44.6 Å². The molecule has 6 heteroatoms. The summed E-state index contributed by atoms with van der Waals surface area (Å²) >= 11 is 0. The molecule has 2 aliphatic rings. The highest BCUT2D eigenvalue weighted by Gasteiger charge is 2.33. The molecule has 0 saturated carbocycles. The standard InChI is InChI=1S/C18H23N3O3/c1-12-3-4-14(11-13(12)2)17(23)20-7-9-21(10-8-20)18(24)15-5-6-16(22)19-15/h3-4,11,15H,5-10H2,1-2H3,(H,19,22). The summed E-state index contributed by atoms with van der Waals surface area (Å²) in [5.41, 5.74) is 2.97. The lowest BCUT2D eigenvalue weighted by atomic mass is 10.1. The zero-order valence-electron chi connectivity index (χ0n) is 14.2. The average Bonchev–Trinajstić information content (AvgIpc) is 3.02. The second-order valence-electron chi connectivity index (χ2n) is 6.58. The Labute approximate surface area is 141 Å². The number of rotatable bonds is 2. The molecule has 1 aromatic rings. The molecule has 2 saturated heterocycles. The summed E-state index contributed by atoms with van der Waals surface area (Å²) in [5, 5.41) is 2.71. The van der Waals surface area contributed by atoms with Crippen molar-refractivity contribution < 1.29 is 14.4 Å². The van der Waals surface area contributed by atoms with Crippen LogP contribution in [0.3, 0.4) is 0 Å². The zero-order valence-corrected chi connectivity index (χ0v) is 14.2. The highest BCUT2D eigenvalue weighted by atomic mass is 16.2. The molecule has 24 heavy (non-hydrogen) atoms. The van der Waals surface area contributed by atoms with E-state index in [1.165, 1.54) is 5.56 Å². The SMILES string of the molecule is Cc1ccc(C(=O)N2CCN(C(=O)C3CCC(=O)N3)CC2)cc1C. The molecule has 0 aliphatic carbocycles. The smallest absolute Gasteiger partial charge is 0.253 e. The third-order valence-electron chi connectivity index (χ3n) is 4.93. The van der Waals surface area contributed by atoms with Crippen molar-refractivity contribution in [1.82, 2.24) is 15.1 Å². The van der Waals surface area contributed by atoms with Crippen molar-refractivity contribution in [1.29, 1.82) is 0 Å². The first-order chi connectivity index (χ1) is 11.5. The van der Waals surface area contributed by atoms with Gasteiger partial charge in [0.1, 0.15) is 6.04 Å². The van der Waals surface area contributed by atoms with E-state index in [-0.39, 0.29) is 23.8 Å². The molecule has 1 N–H and O–H groups in total. The van der Waals surface area contributed by atoms with Gasteiger partial charge in [0, 0.05) is 38.2 Å². The Morgan fingerprint density at radius 2 is 1.71 bits per heavy atom. The van der Waals surface area contributed by atoms with E-state index in [4.69, 9.17) is 0 Å². The molecular weight excluding hydrogens is 306 g/mol. The van der Waals surface area contributed by atoms with Crippen molar-refractivity contribution in [3.05, 3.63) is 34.9 Å². The molecule has 2 aliphatic heterocycles. The van der Waals surface area contributed by atoms with Gasteiger partial charge in [0.25, 0.3) is 5.91 Å². The molecule has 2 fully saturated rings. The quantitative estimate of drug-likeness (QED) is 0.875. The first-order valence-corrected chi connectivity index (χ1v) is 8.40. The summed E-state index contributed by atoms with van der Waals surface area (Å²) in [6, 6.07) is 5.35. The van der Waals surface area contributed by atoms with E-state index < -0.39 is 0 Å². The minimum Gasteiger partial charge on any atom is -0.344 e. The van der Waals surface area contributed by atoms with Crippen LogP contribution in [-0.2, 0) is 9.59 Å². The molecule has 0 spiro atoms. The number of aryl methyl sites for hydroxylation is 2. The van der Waals surface area contributed by atoms with Crippen LogP contribution >= 0.6 is 0 Å². The maximum absolute atomic E-state index is 12.6. The largest absolute Gasteiger partial charge is 0.344 e. The lowest BCUT2D eigenvalue weighted by molar-refractivity contribution is -0.135. The van der Waals surface area contributed by atoms with E-state index >= 15 is 0 Å². The van der Waals surface area contributed by atoms with E-state index in [0.717, 1.165) is 5.56 Å². The summed E-state index contributed by atoms with van der Waals surface area (Å²) < 4.78 is 0. The fraction of sp³-hybridized carbons (Fsp3) is 0.500. The second-order valence-corrected chi connectivity index (χ2v) is 6.58. The van der Waals surface area contributed by atoms with Gasteiger partial charge in [-0.3, -0.25) is 14.4 Å². The lowest BCUT2D eigenvalue weighted by Gasteiger charge is -2.36. The van der Waals surface area contributed by atoms with Crippen LogP contribution in [0.15, 0.2) is 18.2 Å². The third-order valence-corrected chi connectivity index (χ3v) is 4.93. The minimum atomic E-state index is -0.389. The second kappa shape index (κ2) is 6.63. The zero-order chi connectivity index (χ0) is 17.3. The van der Waals surface area contributed by atoms with E-state index in [1.807, 2.05) is 32.0 Å². The molecule has 3 amide bonds. The molecule has 1 atom stereocenters. The molecule has 3 rings (SSSR count). The average molecular weight is 329 g/mol. The summed E-state index contributed by atoms with van der Waals surface area (Å²) in [7, 11) is 0. The van der Waals surface area contributed by atoms with Gasteiger partial charge in [0.2, 0.25) is 11.8 Å². The van der Waals surface area contributed by atoms with Gasteiger partial charge >= 0.3 is 0 Å². The Morgan fingerprint density at radius 1 is 1.04 bits per heavy atom. The topological polar surface area (TPSA) is 69.7 Å². The summed E-state index contributed by atoms with van der Waals surface area (Å²) in [4.78, 5) is 39.8. The van der Waals surface area contributed by atoms with E-state index in [9.17, 15) is 14.4 Å². The Balaban J connectivity index is 1.58. The number of hydrogen-bond acceptors (Lipinski definition) is 3. The number of piperazine rings is 1. The van der Waals surface area contributed by atoms with Crippen LogP contribution < -0.4 is 5.32 Å². The molecule has 2 heterocycles. The number of amides is 3. The van der Waals surface area contributed by atoms with Gasteiger partial charge < -0.3 is 15.1 Å². The Hall–Kier alpha value is -2.37. The Kier molecular flexibility index (Phi) is 4.55. The van der Waals surface area contributed by atoms with Crippen LogP contribution in [-0.4, -0.2) is 59.7 Å². The van der Waals surface area contributed by atoms with Crippen LogP contribution in [0.25, 0.3) is 0 Å². The van der Waals surface area contributed by atoms with Crippen molar-refractivity contribution in [2.45, 2.75) is 32.7 Å². The lowest BCUT2D eigenvalue weighted by Crippen LogP contribution is -2.54. The summed E-state index contributed by atoms with van der Waals surface area (Å²) in [6.45, 7) is 6.11. The Bertz CT molecular complexity index is 678. The molecule has 6 nitrogen and oxygen atoms in total. The maximum Gasteiger partial charge on any atom is 0.253 e. The molecular formula is C18H23N3O3. The highest BCUT2D eigenvalue weighted by molar-refractivity contribution is 5.95. The normalized spacial score (nSPS) is 20.9. The van der Waals surface area contributed by atoms with Crippen molar-refractivity contribution in [3.8, 4) is 0 Å². The van der Waals surface area contributed by atoms with E-state index in [1.54, 1.807) is 9.80 Å². The monoisotopic (exact) mass is 329 g/mol. The fourth-order valence-corrected chi connectivity index (χ4v) is 3.21. The predicted octanol–water partition coefficient (Wildman–Crippen LogP) is 0.866. The number of carbonyl (C=O) groups excluding carboxylic acids is 3. The molecule has 1 unspecified atom stereocenters. The number of benzene rings is 1. The van der Waals surface area contributed by atoms with Gasteiger partial charge in [-0.15, -0.1) is 0 Å². The fourth-order valence-electron chi connectivity index (χ4n) is 3.21. The first-order valence-electron chi connectivity index (χ1n) is 8.40. The number of carbonyl (C=O) groups is 3. The summed E-state index contributed by atoms with van der Waals surface area (Å²) in [5.74, 6) is -0.0737. The van der Waals surface area contributed by atoms with Crippen LogP contribution in [0, 0.1) is 13.8 Å². The van der Waals surface area contributed by atoms with Crippen molar-refractivity contribution in [2.75, 3.05) is 26.2 Å². The number of hydrogen-bond donors (Lipinski definition) is 1. The Morgan fingerprint density at radius 3 is 2.29 bits per heavy atom. The predicted molar refractivity (Wildman–Crippen MR) is 89.6 cm³/mol. The van der Waals surface area contributed by atoms with Gasteiger partial charge in [-0.25, -0.2) is 0 Å². The van der Waals surface area contributed by atoms with Gasteiger partial charge in [-0.1, -0.05) is 6.07 Å². The molecule has 0 aromatic heterocycles. The van der Waals surface area contributed by atoms with Gasteiger partial charge in [-0.05, 0) is 43.5 Å². The van der Waals surface area contributed by atoms with Crippen LogP contribution in [0.2, 0.25) is 0 Å². The molecule has 0 bridgehead atoms.